The zero-order valence-corrected chi connectivity index (χ0v) is 12.4. The Morgan fingerprint density at radius 3 is 2.55 bits per heavy atom. The van der Waals surface area contributed by atoms with Crippen molar-refractivity contribution in [3.05, 3.63) is 24.3 Å². The molecule has 0 spiro atoms. The third-order valence-corrected chi connectivity index (χ3v) is 6.10. The van der Waals surface area contributed by atoms with Gasteiger partial charge in [0.1, 0.15) is 10.7 Å². The molecule has 20 heavy (non-hydrogen) atoms. The predicted molar refractivity (Wildman–Crippen MR) is 74.0 cm³/mol. The highest BCUT2D eigenvalue weighted by molar-refractivity contribution is 7.89. The summed E-state index contributed by atoms with van der Waals surface area (Å²) in [7, 11) is -2.25. The van der Waals surface area contributed by atoms with Gasteiger partial charge in [-0.15, -0.1) is 0 Å². The van der Waals surface area contributed by atoms with Gasteiger partial charge >= 0.3 is 0 Å². The summed E-state index contributed by atoms with van der Waals surface area (Å²) in [6, 6.07) is 0.992. The average molecular weight is 301 g/mol. The number of aromatic nitrogens is 1. The molecule has 2 rings (SSSR count). The Balaban J connectivity index is 2.37. The number of sulfonamides is 1. The fourth-order valence-electron chi connectivity index (χ4n) is 2.80. The Morgan fingerprint density at radius 2 is 2.00 bits per heavy atom. The molecule has 1 saturated carbocycles. The molecule has 0 aromatic carbocycles. The van der Waals surface area contributed by atoms with Gasteiger partial charge in [-0.3, -0.25) is 4.98 Å². The number of halogens is 1. The van der Waals surface area contributed by atoms with Gasteiger partial charge in [-0.05, 0) is 18.9 Å². The van der Waals surface area contributed by atoms with Gasteiger partial charge in [0.25, 0.3) is 0 Å². The first-order valence-corrected chi connectivity index (χ1v) is 8.16. The van der Waals surface area contributed by atoms with Crippen molar-refractivity contribution in [1.29, 1.82) is 0 Å². The van der Waals surface area contributed by atoms with Crippen molar-refractivity contribution in [2.45, 2.75) is 42.5 Å². The number of likely N-dealkylation sites (N-methyl/N-ethyl adjacent to an activating group) is 1. The van der Waals surface area contributed by atoms with Crippen LogP contribution >= 0.6 is 0 Å². The minimum absolute atomic E-state index is 0.126. The lowest BCUT2D eigenvalue weighted by atomic mass is 9.82. The lowest BCUT2D eigenvalue weighted by Crippen LogP contribution is -2.55. The Bertz CT molecular complexity index is 571. The van der Waals surface area contributed by atoms with Crippen molar-refractivity contribution >= 4 is 10.0 Å². The van der Waals surface area contributed by atoms with Crippen LogP contribution in [0.4, 0.5) is 4.39 Å². The number of pyridine rings is 1. The molecule has 0 aliphatic heterocycles. The standard InChI is InChI=1S/C13H20FN3O2S/c1-17(13(10-15)5-3-2-4-6-13)20(18,19)12-7-11(14)8-16-9-12/h7-9H,2-6,10,15H2,1H3. The molecule has 112 valence electrons. The van der Waals surface area contributed by atoms with Crippen molar-refractivity contribution in [1.82, 2.24) is 9.29 Å². The maximum atomic E-state index is 13.2. The van der Waals surface area contributed by atoms with E-state index >= 15 is 0 Å². The number of nitrogens with two attached hydrogens (primary N) is 1. The van der Waals surface area contributed by atoms with Gasteiger partial charge in [0.2, 0.25) is 10.0 Å². The summed E-state index contributed by atoms with van der Waals surface area (Å²) in [5.74, 6) is -0.662. The minimum atomic E-state index is -3.78. The molecule has 0 saturated heterocycles. The van der Waals surface area contributed by atoms with Gasteiger partial charge in [0.05, 0.1) is 6.20 Å². The van der Waals surface area contributed by atoms with E-state index in [-0.39, 0.29) is 11.4 Å². The second-order valence-corrected chi connectivity index (χ2v) is 7.27. The maximum absolute atomic E-state index is 13.2. The average Bonchev–Trinajstić information content (AvgIpc) is 2.47. The van der Waals surface area contributed by atoms with Gasteiger partial charge < -0.3 is 5.73 Å². The molecule has 5 nitrogen and oxygen atoms in total. The van der Waals surface area contributed by atoms with E-state index in [2.05, 4.69) is 4.98 Å². The number of rotatable bonds is 4. The lowest BCUT2D eigenvalue weighted by molar-refractivity contribution is 0.159. The Morgan fingerprint density at radius 1 is 1.35 bits per heavy atom. The van der Waals surface area contributed by atoms with Gasteiger partial charge in [0.15, 0.2) is 0 Å². The van der Waals surface area contributed by atoms with E-state index in [9.17, 15) is 12.8 Å². The van der Waals surface area contributed by atoms with Crippen molar-refractivity contribution in [3.8, 4) is 0 Å². The first kappa shape index (κ1) is 15.3. The molecule has 1 heterocycles. The van der Waals surface area contributed by atoms with E-state index < -0.39 is 21.4 Å². The fraction of sp³-hybridized carbons (Fsp3) is 0.615. The SMILES string of the molecule is CN(C1(CN)CCCCC1)S(=O)(=O)c1cncc(F)c1. The molecule has 0 unspecified atom stereocenters. The van der Waals surface area contributed by atoms with Crippen LogP contribution in [0.2, 0.25) is 0 Å². The smallest absolute Gasteiger partial charge is 0.245 e. The number of nitrogens with zero attached hydrogens (tertiary/aromatic N) is 2. The molecular formula is C13H20FN3O2S. The molecule has 1 aromatic rings. The van der Waals surface area contributed by atoms with Crippen LogP contribution in [-0.2, 0) is 10.0 Å². The van der Waals surface area contributed by atoms with Crippen molar-refractivity contribution in [2.24, 2.45) is 5.73 Å². The molecule has 1 aliphatic rings. The summed E-state index contributed by atoms with van der Waals surface area (Å²) in [4.78, 5) is 3.49. The Kier molecular flexibility index (Phi) is 4.41. The van der Waals surface area contributed by atoms with Crippen molar-refractivity contribution < 1.29 is 12.8 Å². The minimum Gasteiger partial charge on any atom is -0.329 e. The maximum Gasteiger partial charge on any atom is 0.245 e. The molecule has 0 bridgehead atoms. The molecule has 0 atom stereocenters. The molecule has 0 radical (unpaired) electrons. The predicted octanol–water partition coefficient (Wildman–Crippen LogP) is 1.50. The quantitative estimate of drug-likeness (QED) is 0.914. The highest BCUT2D eigenvalue weighted by atomic mass is 32.2. The van der Waals surface area contributed by atoms with Crippen molar-refractivity contribution in [2.75, 3.05) is 13.6 Å². The second-order valence-electron chi connectivity index (χ2n) is 5.30. The van der Waals surface area contributed by atoms with Crippen LogP contribution < -0.4 is 5.73 Å². The van der Waals surface area contributed by atoms with Crippen LogP contribution in [0.3, 0.4) is 0 Å². The van der Waals surface area contributed by atoms with E-state index in [0.717, 1.165) is 44.4 Å². The van der Waals surface area contributed by atoms with Crippen molar-refractivity contribution in [3.63, 3.8) is 0 Å². The Hall–Kier alpha value is -1.05. The topological polar surface area (TPSA) is 76.3 Å². The van der Waals surface area contributed by atoms with E-state index in [1.54, 1.807) is 0 Å². The van der Waals surface area contributed by atoms with E-state index in [1.807, 2.05) is 0 Å². The van der Waals surface area contributed by atoms with Crippen LogP contribution in [0, 0.1) is 5.82 Å². The van der Waals surface area contributed by atoms with Crippen LogP contribution in [0.25, 0.3) is 0 Å². The second kappa shape index (κ2) is 5.75. The molecule has 1 fully saturated rings. The van der Waals surface area contributed by atoms with Gasteiger partial charge in [-0.1, -0.05) is 19.3 Å². The third-order valence-electron chi connectivity index (χ3n) is 4.17. The molecule has 2 N–H and O–H groups in total. The lowest BCUT2D eigenvalue weighted by Gasteiger charge is -2.42. The zero-order valence-electron chi connectivity index (χ0n) is 11.5. The summed E-state index contributed by atoms with van der Waals surface area (Å²) in [6.45, 7) is 0.269. The van der Waals surface area contributed by atoms with Crippen LogP contribution in [0.1, 0.15) is 32.1 Å². The molecule has 1 aliphatic carbocycles. The van der Waals surface area contributed by atoms with E-state index in [1.165, 1.54) is 17.5 Å². The van der Waals surface area contributed by atoms with Crippen LogP contribution in [0.5, 0.6) is 0 Å². The summed E-state index contributed by atoms with van der Waals surface area (Å²) in [5.41, 5.74) is 5.28. The summed E-state index contributed by atoms with van der Waals surface area (Å²) >= 11 is 0. The summed E-state index contributed by atoms with van der Waals surface area (Å²) < 4.78 is 39.7. The molecular weight excluding hydrogens is 281 g/mol. The molecule has 0 amide bonds. The third kappa shape index (κ3) is 2.70. The summed E-state index contributed by atoms with van der Waals surface area (Å²) in [5, 5.41) is 0. The van der Waals surface area contributed by atoms with E-state index in [4.69, 9.17) is 5.73 Å². The number of hydrogen-bond donors (Lipinski definition) is 1. The largest absolute Gasteiger partial charge is 0.329 e. The highest BCUT2D eigenvalue weighted by Crippen LogP contribution is 2.35. The monoisotopic (exact) mass is 301 g/mol. The first-order chi connectivity index (χ1) is 9.42. The van der Waals surface area contributed by atoms with Crippen LogP contribution in [-0.4, -0.2) is 36.8 Å². The molecule has 1 aromatic heterocycles. The highest BCUT2D eigenvalue weighted by Gasteiger charge is 2.41. The zero-order chi connectivity index (χ0) is 14.8. The van der Waals surface area contributed by atoms with Gasteiger partial charge in [0, 0.05) is 25.3 Å². The summed E-state index contributed by atoms with van der Waals surface area (Å²) in [6.07, 6.45) is 6.64. The first-order valence-electron chi connectivity index (χ1n) is 6.72. The number of hydrogen-bond acceptors (Lipinski definition) is 4. The van der Waals surface area contributed by atoms with Gasteiger partial charge in [-0.25, -0.2) is 12.8 Å². The molecule has 7 heteroatoms. The fourth-order valence-corrected chi connectivity index (χ4v) is 4.34. The van der Waals surface area contributed by atoms with Gasteiger partial charge in [-0.2, -0.15) is 4.31 Å². The normalized spacial score (nSPS) is 19.2. The Labute approximate surface area is 119 Å². The van der Waals surface area contributed by atoms with E-state index in [0.29, 0.717) is 0 Å². The van der Waals surface area contributed by atoms with Crippen LogP contribution in [0.15, 0.2) is 23.4 Å².